The number of benzene rings is 10. The SMILES string of the molecule is [2H]c1c([2H])c([2H])c(-c2cccc(-c3c([2H])c([2H])c([2H])c([2H])c3[2H])c2N2[CH-]N(c3[c-]c(Oc4[c-]c5c(cc4)c4ccccc4n5-c4cc(Oc5c(-c6cc(C(C)(C)C)cc(C(C)(C)C)c6)cccc5-c5cc(C(C)(C)C)cc(C(C)(C)C)c5)ccn4)ccc3)c3ccccc32)c([2H])c1[2H].[Pt]. The minimum absolute atomic E-state index is 0. The van der Waals surface area contributed by atoms with E-state index in [1.807, 2.05) is 77.7 Å². The number of anilines is 4. The van der Waals surface area contributed by atoms with Gasteiger partial charge in [0.15, 0.2) is 0 Å². The molecule has 0 unspecified atom stereocenters. The number of aromatic nitrogens is 2. The molecule has 448 valence electrons. The zero-order valence-electron chi connectivity index (χ0n) is 62.2. The first-order chi connectivity index (χ1) is 46.3. The zero-order chi connectivity index (χ0) is 70.0. The average molecular weight is 1350 g/mol. The fourth-order valence-electron chi connectivity index (χ4n) is 11.5. The number of rotatable bonds is 11. The molecule has 2 aromatic heterocycles. The van der Waals surface area contributed by atoms with Gasteiger partial charge in [-0.05, 0) is 95.8 Å². The summed E-state index contributed by atoms with van der Waals surface area (Å²) in [6.45, 7) is 28.9. The van der Waals surface area contributed by atoms with E-state index in [9.17, 15) is 0 Å². The molecule has 0 bridgehead atoms. The molecule has 6 nitrogen and oxygen atoms in total. The Morgan fingerprint density at radius 2 is 0.933 bits per heavy atom. The summed E-state index contributed by atoms with van der Waals surface area (Å²) in [7, 11) is 0. The summed E-state index contributed by atoms with van der Waals surface area (Å²) < 4.78 is 104. The quantitative estimate of drug-likeness (QED) is 0.121. The molecule has 0 N–H and O–H groups in total. The van der Waals surface area contributed by atoms with Gasteiger partial charge in [-0.3, -0.25) is 0 Å². The van der Waals surface area contributed by atoms with Gasteiger partial charge in [0.2, 0.25) is 0 Å². The molecule has 89 heavy (non-hydrogen) atoms. The van der Waals surface area contributed by atoms with E-state index >= 15 is 0 Å². The fraction of sp³-hybridized carbons (Fsp3) is 0.195. The Labute approximate surface area is 554 Å². The predicted molar refractivity (Wildman–Crippen MR) is 367 cm³/mol. The monoisotopic (exact) mass is 1350 g/mol. The van der Waals surface area contributed by atoms with Crippen molar-refractivity contribution in [3.8, 4) is 73.3 Å². The topological polar surface area (TPSA) is 42.8 Å². The number of hydrogen-bond acceptors (Lipinski definition) is 5. The molecule has 0 aliphatic carbocycles. The number of nitrogens with zero attached hydrogens (tertiary/aromatic N) is 4. The number of hydrogen-bond donors (Lipinski definition) is 0. The van der Waals surface area contributed by atoms with E-state index in [-0.39, 0.29) is 70.7 Å². The Morgan fingerprint density at radius 3 is 1.48 bits per heavy atom. The van der Waals surface area contributed by atoms with E-state index in [0.29, 0.717) is 45.6 Å². The summed E-state index contributed by atoms with van der Waals surface area (Å²) in [4.78, 5) is 8.66. The molecule has 1 aliphatic heterocycles. The third-order valence-corrected chi connectivity index (χ3v) is 16.4. The summed E-state index contributed by atoms with van der Waals surface area (Å²) in [5.41, 5.74) is 12.1. The first kappa shape index (κ1) is 49.0. The normalized spacial score (nSPS) is 14.3. The molecule has 0 saturated heterocycles. The van der Waals surface area contributed by atoms with Crippen LogP contribution in [0.1, 0.15) is 119 Å². The van der Waals surface area contributed by atoms with Crippen LogP contribution >= 0.6 is 0 Å². The summed E-state index contributed by atoms with van der Waals surface area (Å²) >= 11 is 0. The fourth-order valence-corrected chi connectivity index (χ4v) is 11.5. The van der Waals surface area contributed by atoms with Crippen LogP contribution in [0.2, 0.25) is 0 Å². The Bertz CT molecular complexity index is 4930. The Hall–Kier alpha value is -8.96. The standard InChI is InChI=1S/C82H75N4O2.Pt/c1-79(2,3)58-44-56(45-59(48-58)80(4,5)6)68-35-25-36-69(57-46-60(81(7,8)9)49-61(47-57)82(10,11)12)78(68)88-65-42-43-83-76(52-65)86-72-37-20-19-32-70(72)71-41-40-64(51-75(71)86)87-63-31-23-30-62(50-63)84-53-85(74-39-22-21-38-73(74)84)77-66(54-26-15-13-16-27-54)33-24-34-67(77)55-28-17-14-18-29-55;/h13-49,52-53H,1-12H3;/q-3;/i13D,14D,15D,16D,17D,18D,26D,27D,28D,29D;. The van der Waals surface area contributed by atoms with Gasteiger partial charge >= 0.3 is 0 Å². The number of pyridine rings is 1. The van der Waals surface area contributed by atoms with Gasteiger partial charge in [0, 0.05) is 89.7 Å². The van der Waals surface area contributed by atoms with E-state index in [4.69, 9.17) is 28.2 Å². The van der Waals surface area contributed by atoms with E-state index < -0.39 is 60.4 Å². The van der Waals surface area contributed by atoms with Crippen LogP contribution in [0.4, 0.5) is 22.7 Å². The van der Waals surface area contributed by atoms with Crippen molar-refractivity contribution in [1.82, 2.24) is 9.55 Å². The number of ether oxygens (including phenoxy) is 2. The molecular formula is C82H75N4O2Pt-3. The molecule has 12 aromatic rings. The first-order valence-electron chi connectivity index (χ1n) is 34.8. The predicted octanol–water partition coefficient (Wildman–Crippen LogP) is 22.6. The van der Waals surface area contributed by atoms with E-state index in [1.165, 1.54) is 22.3 Å². The van der Waals surface area contributed by atoms with Gasteiger partial charge in [-0.15, -0.1) is 48.1 Å². The van der Waals surface area contributed by atoms with Crippen molar-refractivity contribution in [2.24, 2.45) is 0 Å². The summed E-state index contributed by atoms with van der Waals surface area (Å²) in [5.74, 6) is 2.64. The molecule has 1 aliphatic rings. The molecular weight excluding hydrogens is 1270 g/mol. The Kier molecular flexibility index (Phi) is 12.9. The van der Waals surface area contributed by atoms with Crippen molar-refractivity contribution >= 4 is 44.6 Å². The maximum absolute atomic E-state index is 9.14. The van der Waals surface area contributed by atoms with Crippen molar-refractivity contribution < 1.29 is 44.2 Å². The molecule has 10 aromatic carbocycles. The molecule has 0 radical (unpaired) electrons. The smallest absolute Gasteiger partial charge is 0.143 e. The van der Waals surface area contributed by atoms with Crippen molar-refractivity contribution in [3.05, 3.63) is 271 Å². The van der Waals surface area contributed by atoms with Crippen LogP contribution in [0.15, 0.2) is 230 Å². The van der Waals surface area contributed by atoms with Gasteiger partial charge in [0.05, 0.1) is 13.7 Å². The van der Waals surface area contributed by atoms with Crippen LogP contribution in [0.25, 0.3) is 72.1 Å². The second kappa shape index (κ2) is 23.5. The molecule has 3 heterocycles. The largest absolute Gasteiger partial charge is 0.509 e. The minimum atomic E-state index is -0.574. The van der Waals surface area contributed by atoms with Gasteiger partial charge in [-0.2, -0.15) is 12.1 Å². The maximum atomic E-state index is 9.14. The van der Waals surface area contributed by atoms with E-state index in [2.05, 4.69) is 167 Å². The average Bonchev–Trinajstić information content (AvgIpc) is 1.72. The summed E-state index contributed by atoms with van der Waals surface area (Å²) in [6, 6.07) is 55.9. The second-order valence-electron chi connectivity index (χ2n) is 26.7. The van der Waals surface area contributed by atoms with Gasteiger partial charge in [0.1, 0.15) is 17.3 Å². The van der Waals surface area contributed by atoms with Gasteiger partial charge in [-0.25, -0.2) is 4.98 Å². The van der Waals surface area contributed by atoms with Crippen LogP contribution in [-0.4, -0.2) is 9.55 Å². The van der Waals surface area contributed by atoms with E-state index in [1.54, 1.807) is 42.0 Å². The maximum Gasteiger partial charge on any atom is 0.143 e. The van der Waals surface area contributed by atoms with Crippen molar-refractivity contribution in [1.29, 1.82) is 0 Å². The number of fused-ring (bicyclic) bond motifs is 4. The third-order valence-electron chi connectivity index (χ3n) is 16.4. The van der Waals surface area contributed by atoms with Crippen LogP contribution in [0.5, 0.6) is 23.0 Å². The van der Waals surface area contributed by atoms with Crippen molar-refractivity contribution in [3.63, 3.8) is 0 Å². The molecule has 0 amide bonds. The van der Waals surface area contributed by atoms with Crippen LogP contribution in [0.3, 0.4) is 0 Å². The molecule has 13 rings (SSSR count). The van der Waals surface area contributed by atoms with Crippen molar-refractivity contribution in [2.75, 3.05) is 9.80 Å². The van der Waals surface area contributed by atoms with Gasteiger partial charge in [0.25, 0.3) is 0 Å². The second-order valence-corrected chi connectivity index (χ2v) is 26.7. The van der Waals surface area contributed by atoms with Crippen LogP contribution in [0, 0.1) is 18.8 Å². The Morgan fingerprint density at radius 1 is 0.438 bits per heavy atom. The Balaban J connectivity index is 0.00000931. The van der Waals surface area contributed by atoms with Gasteiger partial charge in [-0.1, -0.05) is 252 Å². The molecule has 0 spiro atoms. The third kappa shape index (κ3) is 12.0. The van der Waals surface area contributed by atoms with Crippen LogP contribution in [-0.2, 0) is 42.7 Å². The van der Waals surface area contributed by atoms with Crippen molar-refractivity contribution in [2.45, 2.75) is 105 Å². The molecule has 0 atom stereocenters. The van der Waals surface area contributed by atoms with E-state index in [0.717, 1.165) is 44.3 Å². The molecule has 0 fully saturated rings. The zero-order valence-corrected chi connectivity index (χ0v) is 54.4. The van der Waals surface area contributed by atoms with Crippen LogP contribution < -0.4 is 19.3 Å². The van der Waals surface area contributed by atoms with Gasteiger partial charge < -0.3 is 23.8 Å². The summed E-state index contributed by atoms with van der Waals surface area (Å²) in [6.07, 6.45) is 1.78. The molecule has 0 saturated carbocycles. The molecule has 7 heteroatoms. The summed E-state index contributed by atoms with van der Waals surface area (Å²) in [5, 5.41) is 1.90. The number of para-hydroxylation sites is 5. The first-order valence-corrected chi connectivity index (χ1v) is 29.8. The minimum Gasteiger partial charge on any atom is -0.509 e.